The van der Waals surface area contributed by atoms with Gasteiger partial charge < -0.3 is 13.9 Å². The molecule has 6 nitrogen and oxygen atoms in total. The number of ether oxygens (including phenoxy) is 2. The van der Waals surface area contributed by atoms with Crippen molar-refractivity contribution in [2.75, 3.05) is 0 Å². The molecule has 1 aliphatic heterocycles. The zero-order valence-corrected chi connectivity index (χ0v) is 15.0. The van der Waals surface area contributed by atoms with E-state index in [-0.39, 0.29) is 23.7 Å². The van der Waals surface area contributed by atoms with Crippen LogP contribution in [0.1, 0.15) is 40.5 Å². The van der Waals surface area contributed by atoms with Crippen molar-refractivity contribution in [1.29, 1.82) is 0 Å². The van der Waals surface area contributed by atoms with Crippen LogP contribution in [0.4, 0.5) is 0 Å². The van der Waals surface area contributed by atoms with E-state index < -0.39 is 38.1 Å². The second-order valence-electron chi connectivity index (χ2n) is 7.66. The fourth-order valence-electron chi connectivity index (χ4n) is 2.63. The van der Waals surface area contributed by atoms with Crippen LogP contribution in [0.2, 0.25) is 18.1 Å². The van der Waals surface area contributed by atoms with Crippen molar-refractivity contribution >= 4 is 26.0 Å². The smallest absolute Gasteiger partial charge is 0.351 e. The van der Waals surface area contributed by atoms with Crippen LogP contribution < -0.4 is 0 Å². The molecule has 2 fully saturated rings. The van der Waals surface area contributed by atoms with Gasteiger partial charge in [-0.3, -0.25) is 9.59 Å². The lowest BCUT2D eigenvalue weighted by Gasteiger charge is -2.41. The minimum atomic E-state index is -2.19. The van der Waals surface area contributed by atoms with Crippen molar-refractivity contribution in [3.05, 3.63) is 0 Å². The highest BCUT2D eigenvalue weighted by Gasteiger charge is 2.62. The fraction of sp³-hybridized carbons (Fsp3) is 0.800. The van der Waals surface area contributed by atoms with Crippen LogP contribution in [0.15, 0.2) is 0 Å². The van der Waals surface area contributed by atoms with Crippen LogP contribution in [0.5, 0.6) is 0 Å². The lowest BCUT2D eigenvalue weighted by molar-refractivity contribution is -0.173. The third-order valence-electron chi connectivity index (χ3n) is 4.87. The molecule has 0 spiro atoms. The molecule has 1 saturated heterocycles. The molecule has 0 aromatic heterocycles. The molecule has 3 atom stereocenters. The van der Waals surface area contributed by atoms with Crippen molar-refractivity contribution in [2.24, 2.45) is 0 Å². The highest BCUT2D eigenvalue weighted by molar-refractivity contribution is 6.74. The molecule has 124 valence electrons. The van der Waals surface area contributed by atoms with E-state index in [2.05, 4.69) is 20.8 Å². The Hall–Kier alpha value is -1.21. The van der Waals surface area contributed by atoms with Gasteiger partial charge in [0.2, 0.25) is 11.4 Å². The minimum Gasteiger partial charge on any atom is -0.451 e. The normalized spacial score (nSPS) is 31.9. The van der Waals surface area contributed by atoms with Gasteiger partial charge in [-0.25, -0.2) is 4.79 Å². The van der Waals surface area contributed by atoms with Crippen LogP contribution in [0.3, 0.4) is 0 Å². The lowest BCUT2D eigenvalue weighted by Crippen LogP contribution is -2.54. The van der Waals surface area contributed by atoms with Gasteiger partial charge in [0.1, 0.15) is 6.10 Å². The first-order valence-corrected chi connectivity index (χ1v) is 10.4. The minimum absolute atomic E-state index is 0.0489. The van der Waals surface area contributed by atoms with Gasteiger partial charge in [0.15, 0.2) is 14.4 Å². The quantitative estimate of drug-likeness (QED) is 0.582. The molecule has 1 heterocycles. The monoisotopic (exact) mass is 328 g/mol. The molecule has 2 bridgehead atoms. The average Bonchev–Trinajstić information content (AvgIpc) is 2.57. The predicted octanol–water partition coefficient (Wildman–Crippen LogP) is 1.97. The largest absolute Gasteiger partial charge is 0.451 e. The predicted molar refractivity (Wildman–Crippen MR) is 80.7 cm³/mol. The topological polar surface area (TPSA) is 78.9 Å². The van der Waals surface area contributed by atoms with Gasteiger partial charge in [-0.2, -0.15) is 0 Å². The number of rotatable bonds is 3. The molecule has 2 aliphatic rings. The standard InChI is InChI=1S/C15H24O6Si/c1-9(16)20-15-7-10(19-13(15)18)12(17)11(8-15)21-22(5,6)14(2,3)4/h10-11H,7-8H2,1-6H3/t10-,11?,15-/m1/s1. The Morgan fingerprint density at radius 3 is 2.36 bits per heavy atom. The Balaban J connectivity index is 2.26. The first kappa shape index (κ1) is 17.1. The van der Waals surface area contributed by atoms with E-state index in [4.69, 9.17) is 13.9 Å². The summed E-state index contributed by atoms with van der Waals surface area (Å²) >= 11 is 0. The molecule has 1 saturated carbocycles. The molecule has 0 aromatic rings. The number of esters is 2. The van der Waals surface area contributed by atoms with Gasteiger partial charge in [-0.05, 0) is 18.1 Å². The Bertz CT molecular complexity index is 521. The summed E-state index contributed by atoms with van der Waals surface area (Å²) in [6.45, 7) is 11.5. The van der Waals surface area contributed by atoms with E-state index in [9.17, 15) is 14.4 Å². The Labute approximate surface area is 131 Å². The van der Waals surface area contributed by atoms with Crippen molar-refractivity contribution < 1.29 is 28.3 Å². The number of fused-ring (bicyclic) bond motifs is 2. The van der Waals surface area contributed by atoms with Crippen molar-refractivity contribution in [1.82, 2.24) is 0 Å². The Morgan fingerprint density at radius 2 is 1.86 bits per heavy atom. The van der Waals surface area contributed by atoms with Gasteiger partial charge in [-0.15, -0.1) is 0 Å². The molecule has 0 radical (unpaired) electrons. The molecule has 0 amide bonds. The summed E-state index contributed by atoms with van der Waals surface area (Å²) in [4.78, 5) is 35.8. The zero-order valence-electron chi connectivity index (χ0n) is 14.0. The van der Waals surface area contributed by atoms with E-state index in [0.29, 0.717) is 0 Å². The number of hydrogen-bond acceptors (Lipinski definition) is 6. The molecule has 1 unspecified atom stereocenters. The molecule has 0 aromatic carbocycles. The summed E-state index contributed by atoms with van der Waals surface area (Å²) in [7, 11) is -2.19. The number of Topliss-reactive ketones (excluding diaryl/α,β-unsaturated/α-hetero) is 1. The van der Waals surface area contributed by atoms with Crippen LogP contribution in [-0.2, 0) is 28.3 Å². The van der Waals surface area contributed by atoms with Gasteiger partial charge in [0.25, 0.3) is 0 Å². The SMILES string of the molecule is CC(=O)O[C@@]12CC(O[Si](C)(C)C(C)(C)C)C(=O)[C@@H](C1)OC2=O. The summed E-state index contributed by atoms with van der Waals surface area (Å²) in [6.07, 6.45) is -1.48. The molecule has 7 heteroatoms. The zero-order chi connectivity index (χ0) is 16.9. The third kappa shape index (κ3) is 2.84. The lowest BCUT2D eigenvalue weighted by atomic mass is 9.83. The Morgan fingerprint density at radius 1 is 1.27 bits per heavy atom. The Kier molecular flexibility index (Phi) is 4.02. The summed E-state index contributed by atoms with van der Waals surface area (Å²) < 4.78 is 16.5. The highest BCUT2D eigenvalue weighted by Crippen LogP contribution is 2.44. The molecule has 22 heavy (non-hydrogen) atoms. The van der Waals surface area contributed by atoms with Crippen molar-refractivity contribution in [3.8, 4) is 0 Å². The van der Waals surface area contributed by atoms with Crippen LogP contribution in [0, 0.1) is 0 Å². The molecular formula is C15H24O6Si. The van der Waals surface area contributed by atoms with Gasteiger partial charge in [0, 0.05) is 19.8 Å². The van der Waals surface area contributed by atoms with Gasteiger partial charge in [-0.1, -0.05) is 20.8 Å². The second kappa shape index (κ2) is 5.16. The molecule has 2 rings (SSSR count). The number of hydrogen-bond donors (Lipinski definition) is 0. The summed E-state index contributed by atoms with van der Waals surface area (Å²) in [5.74, 6) is -1.42. The summed E-state index contributed by atoms with van der Waals surface area (Å²) in [5.41, 5.74) is -1.36. The first-order chi connectivity index (χ1) is 9.88. The third-order valence-corrected chi connectivity index (χ3v) is 9.35. The number of carbonyl (C=O) groups excluding carboxylic acids is 3. The summed E-state index contributed by atoms with van der Waals surface area (Å²) in [5, 5.41) is -0.0662. The van der Waals surface area contributed by atoms with Crippen LogP contribution >= 0.6 is 0 Å². The van der Waals surface area contributed by atoms with Crippen LogP contribution in [0.25, 0.3) is 0 Å². The van der Waals surface area contributed by atoms with E-state index >= 15 is 0 Å². The second-order valence-corrected chi connectivity index (χ2v) is 12.4. The van der Waals surface area contributed by atoms with E-state index in [1.54, 1.807) is 0 Å². The maximum atomic E-state index is 12.4. The number of ketones is 1. The molecular weight excluding hydrogens is 304 g/mol. The maximum absolute atomic E-state index is 12.4. The first-order valence-electron chi connectivity index (χ1n) is 7.50. The van der Waals surface area contributed by atoms with Crippen molar-refractivity contribution in [2.45, 2.75) is 76.5 Å². The van der Waals surface area contributed by atoms with Crippen molar-refractivity contribution in [3.63, 3.8) is 0 Å². The number of carbonyl (C=O) groups is 3. The highest BCUT2D eigenvalue weighted by atomic mass is 28.4. The average molecular weight is 328 g/mol. The summed E-state index contributed by atoms with van der Waals surface area (Å²) in [6, 6.07) is 0. The van der Waals surface area contributed by atoms with Crippen LogP contribution in [-0.4, -0.2) is 43.8 Å². The maximum Gasteiger partial charge on any atom is 0.351 e. The molecule has 0 N–H and O–H groups in total. The molecule has 1 aliphatic carbocycles. The van der Waals surface area contributed by atoms with Gasteiger partial charge in [0.05, 0.1) is 0 Å². The van der Waals surface area contributed by atoms with Gasteiger partial charge >= 0.3 is 11.9 Å². The van der Waals surface area contributed by atoms with E-state index in [1.807, 2.05) is 13.1 Å². The van der Waals surface area contributed by atoms with E-state index in [1.165, 1.54) is 6.92 Å². The van der Waals surface area contributed by atoms with E-state index in [0.717, 1.165) is 0 Å². The fourth-order valence-corrected chi connectivity index (χ4v) is 3.89.